The van der Waals surface area contributed by atoms with Gasteiger partial charge in [-0.05, 0) is 71.6 Å². The smallest absolute Gasteiger partial charge is 0.166 e. The van der Waals surface area contributed by atoms with E-state index in [1.807, 2.05) is 37.4 Å². The number of hydrogen-bond acceptors (Lipinski definition) is 2. The van der Waals surface area contributed by atoms with Gasteiger partial charge in [-0.15, -0.1) is 0 Å². The van der Waals surface area contributed by atoms with E-state index in [0.29, 0.717) is 12.3 Å². The van der Waals surface area contributed by atoms with E-state index in [4.69, 9.17) is 4.74 Å². The SMILES string of the molecule is CNCc1ccc(Oc2ccc(I)cc2)c(F)c1. The number of hydrogen-bond donors (Lipinski definition) is 1. The van der Waals surface area contributed by atoms with Crippen LogP contribution in [0.15, 0.2) is 42.5 Å². The van der Waals surface area contributed by atoms with Crippen LogP contribution in [0.2, 0.25) is 0 Å². The van der Waals surface area contributed by atoms with Gasteiger partial charge in [0, 0.05) is 10.1 Å². The third-order valence-corrected chi connectivity index (χ3v) is 3.14. The van der Waals surface area contributed by atoms with E-state index in [-0.39, 0.29) is 11.6 Å². The maximum absolute atomic E-state index is 13.8. The van der Waals surface area contributed by atoms with Crippen LogP contribution >= 0.6 is 22.6 Å². The average molecular weight is 357 g/mol. The molecule has 0 fully saturated rings. The van der Waals surface area contributed by atoms with Gasteiger partial charge < -0.3 is 10.1 Å². The van der Waals surface area contributed by atoms with Crippen LogP contribution in [-0.4, -0.2) is 7.05 Å². The maximum Gasteiger partial charge on any atom is 0.166 e. The Morgan fingerprint density at radius 3 is 2.50 bits per heavy atom. The molecular formula is C14H13FINO. The molecule has 0 atom stereocenters. The molecular weight excluding hydrogens is 344 g/mol. The molecule has 0 saturated carbocycles. The molecule has 0 spiro atoms. The lowest BCUT2D eigenvalue weighted by molar-refractivity contribution is 0.441. The molecule has 18 heavy (non-hydrogen) atoms. The maximum atomic E-state index is 13.8. The Bertz CT molecular complexity index is 528. The van der Waals surface area contributed by atoms with Crippen molar-refractivity contribution in [1.82, 2.24) is 5.32 Å². The fourth-order valence-corrected chi connectivity index (χ4v) is 1.93. The minimum Gasteiger partial charge on any atom is -0.454 e. The molecule has 2 nitrogen and oxygen atoms in total. The Hall–Kier alpha value is -1.14. The van der Waals surface area contributed by atoms with E-state index in [1.54, 1.807) is 6.07 Å². The Morgan fingerprint density at radius 2 is 1.89 bits per heavy atom. The van der Waals surface area contributed by atoms with Gasteiger partial charge in [0.2, 0.25) is 0 Å². The Labute approximate surface area is 119 Å². The van der Waals surface area contributed by atoms with Crippen LogP contribution < -0.4 is 10.1 Å². The van der Waals surface area contributed by atoms with Crippen LogP contribution in [0.1, 0.15) is 5.56 Å². The third-order valence-electron chi connectivity index (χ3n) is 2.42. The van der Waals surface area contributed by atoms with Crippen molar-refractivity contribution in [3.63, 3.8) is 0 Å². The van der Waals surface area contributed by atoms with Crippen molar-refractivity contribution < 1.29 is 9.13 Å². The van der Waals surface area contributed by atoms with Crippen LogP contribution in [0, 0.1) is 9.39 Å². The molecule has 0 heterocycles. The molecule has 2 aromatic rings. The summed E-state index contributed by atoms with van der Waals surface area (Å²) in [6, 6.07) is 12.5. The highest BCUT2D eigenvalue weighted by molar-refractivity contribution is 14.1. The van der Waals surface area contributed by atoms with E-state index >= 15 is 0 Å². The van der Waals surface area contributed by atoms with Gasteiger partial charge in [0.25, 0.3) is 0 Å². The quantitative estimate of drug-likeness (QED) is 0.837. The lowest BCUT2D eigenvalue weighted by Crippen LogP contribution is -2.05. The fraction of sp³-hybridized carbons (Fsp3) is 0.143. The predicted octanol–water partition coefficient (Wildman–Crippen LogP) is 3.94. The number of halogens is 2. The van der Waals surface area contributed by atoms with Gasteiger partial charge in [0.1, 0.15) is 5.75 Å². The molecule has 0 aliphatic rings. The second-order valence-corrected chi connectivity index (χ2v) is 5.10. The summed E-state index contributed by atoms with van der Waals surface area (Å²) in [6.45, 7) is 0.640. The van der Waals surface area contributed by atoms with Gasteiger partial charge in [-0.3, -0.25) is 0 Å². The molecule has 2 rings (SSSR count). The first-order valence-corrected chi connectivity index (χ1v) is 6.63. The predicted molar refractivity (Wildman–Crippen MR) is 78.4 cm³/mol. The fourth-order valence-electron chi connectivity index (χ4n) is 1.57. The average Bonchev–Trinajstić information content (AvgIpc) is 2.36. The molecule has 0 saturated heterocycles. The van der Waals surface area contributed by atoms with Crippen molar-refractivity contribution in [2.45, 2.75) is 6.54 Å². The van der Waals surface area contributed by atoms with Gasteiger partial charge in [0.05, 0.1) is 0 Å². The van der Waals surface area contributed by atoms with Crippen molar-refractivity contribution in [3.8, 4) is 11.5 Å². The lowest BCUT2D eigenvalue weighted by Gasteiger charge is -2.08. The first kappa shape index (κ1) is 13.3. The Balaban J connectivity index is 2.16. The Kier molecular flexibility index (Phi) is 4.54. The summed E-state index contributed by atoms with van der Waals surface area (Å²) >= 11 is 2.21. The van der Waals surface area contributed by atoms with Crippen LogP contribution in [0.3, 0.4) is 0 Å². The third kappa shape index (κ3) is 3.43. The lowest BCUT2D eigenvalue weighted by atomic mass is 10.2. The summed E-state index contributed by atoms with van der Waals surface area (Å²) < 4.78 is 20.4. The van der Waals surface area contributed by atoms with E-state index in [1.165, 1.54) is 6.07 Å². The van der Waals surface area contributed by atoms with E-state index in [0.717, 1.165) is 9.13 Å². The van der Waals surface area contributed by atoms with E-state index < -0.39 is 0 Å². The summed E-state index contributed by atoms with van der Waals surface area (Å²) in [5, 5.41) is 2.98. The van der Waals surface area contributed by atoms with Crippen LogP contribution in [0.25, 0.3) is 0 Å². The number of rotatable bonds is 4. The first-order valence-electron chi connectivity index (χ1n) is 5.55. The number of nitrogens with one attached hydrogen (secondary N) is 1. The number of benzene rings is 2. The standard InChI is InChI=1S/C14H13FINO/c1-17-9-10-2-7-14(13(15)8-10)18-12-5-3-11(16)4-6-12/h2-8,17H,9H2,1H3. The highest BCUT2D eigenvalue weighted by atomic mass is 127. The highest BCUT2D eigenvalue weighted by Gasteiger charge is 2.05. The van der Waals surface area contributed by atoms with Crippen molar-refractivity contribution >= 4 is 22.6 Å². The van der Waals surface area contributed by atoms with Gasteiger partial charge >= 0.3 is 0 Å². The van der Waals surface area contributed by atoms with E-state index in [9.17, 15) is 4.39 Å². The topological polar surface area (TPSA) is 21.3 Å². The molecule has 0 amide bonds. The van der Waals surface area contributed by atoms with Crippen molar-refractivity contribution in [2.24, 2.45) is 0 Å². The van der Waals surface area contributed by atoms with Gasteiger partial charge in [-0.25, -0.2) is 4.39 Å². The monoisotopic (exact) mass is 357 g/mol. The van der Waals surface area contributed by atoms with Gasteiger partial charge in [-0.2, -0.15) is 0 Å². The summed E-state index contributed by atoms with van der Waals surface area (Å²) in [7, 11) is 1.83. The number of ether oxygens (including phenoxy) is 1. The summed E-state index contributed by atoms with van der Waals surface area (Å²) in [4.78, 5) is 0. The van der Waals surface area contributed by atoms with Crippen molar-refractivity contribution in [2.75, 3.05) is 7.05 Å². The molecule has 0 bridgehead atoms. The zero-order valence-electron chi connectivity index (χ0n) is 9.91. The minimum atomic E-state index is -0.346. The molecule has 4 heteroatoms. The second kappa shape index (κ2) is 6.15. The van der Waals surface area contributed by atoms with E-state index in [2.05, 4.69) is 27.9 Å². The van der Waals surface area contributed by atoms with Crippen LogP contribution in [0.5, 0.6) is 11.5 Å². The highest BCUT2D eigenvalue weighted by Crippen LogP contribution is 2.25. The zero-order valence-corrected chi connectivity index (χ0v) is 12.1. The molecule has 94 valence electrons. The van der Waals surface area contributed by atoms with Crippen molar-refractivity contribution in [1.29, 1.82) is 0 Å². The van der Waals surface area contributed by atoms with Crippen LogP contribution in [0.4, 0.5) is 4.39 Å². The van der Waals surface area contributed by atoms with Crippen molar-refractivity contribution in [3.05, 3.63) is 57.4 Å². The summed E-state index contributed by atoms with van der Waals surface area (Å²) in [5.41, 5.74) is 0.893. The molecule has 0 aromatic heterocycles. The molecule has 1 N–H and O–H groups in total. The molecule has 0 radical (unpaired) electrons. The zero-order chi connectivity index (χ0) is 13.0. The minimum absolute atomic E-state index is 0.246. The van der Waals surface area contributed by atoms with Gasteiger partial charge in [-0.1, -0.05) is 6.07 Å². The summed E-state index contributed by atoms with van der Waals surface area (Å²) in [6.07, 6.45) is 0. The Morgan fingerprint density at radius 1 is 1.17 bits per heavy atom. The second-order valence-electron chi connectivity index (χ2n) is 3.85. The summed E-state index contributed by atoms with van der Waals surface area (Å²) in [5.74, 6) is 0.535. The molecule has 0 aliphatic carbocycles. The molecule has 2 aromatic carbocycles. The molecule has 0 aliphatic heterocycles. The normalized spacial score (nSPS) is 10.4. The van der Waals surface area contributed by atoms with Crippen LogP contribution in [-0.2, 0) is 6.54 Å². The largest absolute Gasteiger partial charge is 0.454 e. The first-order chi connectivity index (χ1) is 8.69. The van der Waals surface area contributed by atoms with Gasteiger partial charge in [0.15, 0.2) is 11.6 Å². The molecule has 0 unspecified atom stereocenters.